The highest BCUT2D eigenvalue weighted by Gasteiger charge is 2.07. The maximum atomic E-state index is 12.0. The van der Waals surface area contributed by atoms with Gasteiger partial charge in [-0.1, -0.05) is 17.7 Å². The Morgan fingerprint density at radius 2 is 1.64 bits per heavy atom. The van der Waals surface area contributed by atoms with Crippen molar-refractivity contribution in [2.24, 2.45) is 0 Å². The number of hydrogen-bond donors (Lipinski definition) is 2. The maximum Gasteiger partial charge on any atom is 0.238 e. The fourth-order valence-corrected chi connectivity index (χ4v) is 2.52. The molecule has 2 N–H and O–H groups in total. The summed E-state index contributed by atoms with van der Waals surface area (Å²) in [5.41, 5.74) is 1.60. The smallest absolute Gasteiger partial charge is 0.238 e. The van der Waals surface area contributed by atoms with Gasteiger partial charge in [-0.05, 0) is 35.9 Å². The number of anilines is 1. The third-order valence-electron chi connectivity index (χ3n) is 3.50. The Labute approximate surface area is 152 Å². The van der Waals surface area contributed by atoms with Gasteiger partial charge in [0.1, 0.15) is 5.75 Å². The first-order chi connectivity index (χ1) is 12.1. The summed E-state index contributed by atoms with van der Waals surface area (Å²) < 4.78 is 15.5. The van der Waals surface area contributed by atoms with Crippen molar-refractivity contribution in [1.29, 1.82) is 0 Å². The van der Waals surface area contributed by atoms with E-state index in [-0.39, 0.29) is 12.5 Å². The molecular formula is C18H21ClN2O4. The lowest BCUT2D eigenvalue weighted by atomic mass is 10.2. The molecule has 6 nitrogen and oxygen atoms in total. The van der Waals surface area contributed by atoms with Crippen LogP contribution in [-0.4, -0.2) is 33.8 Å². The van der Waals surface area contributed by atoms with Crippen LogP contribution in [0.2, 0.25) is 5.02 Å². The first-order valence-corrected chi connectivity index (χ1v) is 8.00. The van der Waals surface area contributed by atoms with Crippen molar-refractivity contribution in [3.63, 3.8) is 0 Å². The summed E-state index contributed by atoms with van der Waals surface area (Å²) in [5, 5.41) is 6.30. The van der Waals surface area contributed by atoms with Crippen molar-refractivity contribution < 1.29 is 19.0 Å². The molecular weight excluding hydrogens is 344 g/mol. The predicted molar refractivity (Wildman–Crippen MR) is 97.9 cm³/mol. The lowest BCUT2D eigenvalue weighted by molar-refractivity contribution is -0.115. The first-order valence-electron chi connectivity index (χ1n) is 7.62. The van der Waals surface area contributed by atoms with Gasteiger partial charge in [-0.3, -0.25) is 4.79 Å². The maximum absolute atomic E-state index is 12.0. The van der Waals surface area contributed by atoms with Crippen LogP contribution >= 0.6 is 11.6 Å². The van der Waals surface area contributed by atoms with Crippen LogP contribution in [0.15, 0.2) is 36.4 Å². The minimum Gasteiger partial charge on any atom is -0.495 e. The molecule has 0 saturated carbocycles. The molecule has 0 aliphatic carbocycles. The van der Waals surface area contributed by atoms with Gasteiger partial charge < -0.3 is 24.8 Å². The van der Waals surface area contributed by atoms with E-state index >= 15 is 0 Å². The number of methoxy groups -OCH3 is 3. The number of carbonyl (C=O) groups excluding carboxylic acids is 1. The van der Waals surface area contributed by atoms with Crippen LogP contribution in [0.25, 0.3) is 0 Å². The predicted octanol–water partition coefficient (Wildman–Crippen LogP) is 3.09. The zero-order valence-corrected chi connectivity index (χ0v) is 15.1. The van der Waals surface area contributed by atoms with Gasteiger partial charge >= 0.3 is 0 Å². The summed E-state index contributed by atoms with van der Waals surface area (Å²) in [6.07, 6.45) is 0. The summed E-state index contributed by atoms with van der Waals surface area (Å²) in [7, 11) is 4.71. The third kappa shape index (κ3) is 5.27. The second kappa shape index (κ2) is 9.15. The van der Waals surface area contributed by atoms with Crippen LogP contribution in [0.3, 0.4) is 0 Å². The molecule has 2 aromatic rings. The summed E-state index contributed by atoms with van der Waals surface area (Å²) in [5.74, 6) is 1.72. The minimum atomic E-state index is -0.165. The Bertz CT molecular complexity index is 737. The molecule has 7 heteroatoms. The summed E-state index contributed by atoms with van der Waals surface area (Å²) in [4.78, 5) is 12.0. The van der Waals surface area contributed by atoms with Crippen molar-refractivity contribution in [3.05, 3.63) is 47.0 Å². The molecule has 0 spiro atoms. The van der Waals surface area contributed by atoms with E-state index in [9.17, 15) is 4.79 Å². The molecule has 0 atom stereocenters. The van der Waals surface area contributed by atoms with Gasteiger partial charge in [0.15, 0.2) is 11.5 Å². The van der Waals surface area contributed by atoms with Crippen LogP contribution in [0, 0.1) is 0 Å². The van der Waals surface area contributed by atoms with Gasteiger partial charge in [-0.25, -0.2) is 0 Å². The Morgan fingerprint density at radius 1 is 0.960 bits per heavy atom. The van der Waals surface area contributed by atoms with E-state index in [0.29, 0.717) is 34.5 Å². The number of halogens is 1. The van der Waals surface area contributed by atoms with Gasteiger partial charge in [0.2, 0.25) is 5.91 Å². The molecule has 1 amide bonds. The standard InChI is InChI=1S/C18H21ClN2O4/c1-23-15-7-5-13(9-14(15)19)21-18(22)11-20-10-12-4-6-16(24-2)17(8-12)25-3/h4-9,20H,10-11H2,1-3H3,(H,21,22). The molecule has 0 bridgehead atoms. The van der Waals surface area contributed by atoms with Crippen molar-refractivity contribution in [1.82, 2.24) is 5.32 Å². The number of hydrogen-bond acceptors (Lipinski definition) is 5. The van der Waals surface area contributed by atoms with Gasteiger partial charge in [-0.15, -0.1) is 0 Å². The Hall–Kier alpha value is -2.44. The molecule has 2 aromatic carbocycles. The highest BCUT2D eigenvalue weighted by atomic mass is 35.5. The van der Waals surface area contributed by atoms with Crippen LogP contribution in [0.1, 0.15) is 5.56 Å². The Kier molecular flexibility index (Phi) is 6.91. The van der Waals surface area contributed by atoms with Gasteiger partial charge in [0.25, 0.3) is 0 Å². The Morgan fingerprint density at radius 3 is 2.28 bits per heavy atom. The highest BCUT2D eigenvalue weighted by Crippen LogP contribution is 2.28. The second-order valence-corrected chi connectivity index (χ2v) is 5.60. The largest absolute Gasteiger partial charge is 0.495 e. The Balaban J connectivity index is 1.85. The van der Waals surface area contributed by atoms with Gasteiger partial charge in [-0.2, -0.15) is 0 Å². The summed E-state index contributed by atoms with van der Waals surface area (Å²) in [6, 6.07) is 10.7. The lowest BCUT2D eigenvalue weighted by Crippen LogP contribution is -2.27. The molecule has 25 heavy (non-hydrogen) atoms. The van der Waals surface area contributed by atoms with E-state index < -0.39 is 0 Å². The second-order valence-electron chi connectivity index (χ2n) is 5.19. The normalized spacial score (nSPS) is 10.2. The summed E-state index contributed by atoms with van der Waals surface area (Å²) in [6.45, 7) is 0.690. The lowest BCUT2D eigenvalue weighted by Gasteiger charge is -2.11. The van der Waals surface area contributed by atoms with Crippen molar-refractivity contribution in [2.75, 3.05) is 33.2 Å². The topological polar surface area (TPSA) is 68.8 Å². The van der Waals surface area contributed by atoms with Crippen LogP contribution in [-0.2, 0) is 11.3 Å². The quantitative estimate of drug-likeness (QED) is 0.753. The van der Waals surface area contributed by atoms with E-state index in [1.807, 2.05) is 18.2 Å². The fraction of sp³-hybridized carbons (Fsp3) is 0.278. The van der Waals surface area contributed by atoms with Crippen LogP contribution < -0.4 is 24.8 Å². The van der Waals surface area contributed by atoms with Crippen molar-refractivity contribution in [2.45, 2.75) is 6.54 Å². The van der Waals surface area contributed by atoms with Gasteiger partial charge in [0, 0.05) is 12.2 Å². The van der Waals surface area contributed by atoms with E-state index in [1.54, 1.807) is 32.4 Å². The highest BCUT2D eigenvalue weighted by molar-refractivity contribution is 6.32. The molecule has 0 heterocycles. The molecule has 0 unspecified atom stereocenters. The minimum absolute atomic E-state index is 0.165. The third-order valence-corrected chi connectivity index (χ3v) is 3.79. The molecule has 134 valence electrons. The van der Waals surface area contributed by atoms with Crippen LogP contribution in [0.4, 0.5) is 5.69 Å². The average Bonchev–Trinajstić information content (AvgIpc) is 2.61. The van der Waals surface area contributed by atoms with Crippen molar-refractivity contribution in [3.8, 4) is 17.2 Å². The number of benzene rings is 2. The molecule has 0 aliphatic rings. The van der Waals surface area contributed by atoms with E-state index in [2.05, 4.69) is 10.6 Å². The fourth-order valence-electron chi connectivity index (χ4n) is 2.26. The molecule has 0 fully saturated rings. The molecule has 0 aromatic heterocycles. The SMILES string of the molecule is COc1ccc(NC(=O)CNCc2ccc(OC)c(OC)c2)cc1Cl. The van der Waals surface area contributed by atoms with E-state index in [1.165, 1.54) is 7.11 Å². The number of rotatable bonds is 8. The van der Waals surface area contributed by atoms with Gasteiger partial charge in [0.05, 0.1) is 32.9 Å². The number of nitrogens with one attached hydrogen (secondary N) is 2. The average molecular weight is 365 g/mol. The molecule has 0 aliphatic heterocycles. The molecule has 2 rings (SSSR count). The zero-order chi connectivity index (χ0) is 18.2. The van der Waals surface area contributed by atoms with E-state index in [0.717, 1.165) is 5.56 Å². The zero-order valence-electron chi connectivity index (χ0n) is 14.4. The number of carbonyl (C=O) groups is 1. The molecule has 0 saturated heterocycles. The van der Waals surface area contributed by atoms with Crippen LogP contribution in [0.5, 0.6) is 17.2 Å². The summed E-state index contributed by atoms with van der Waals surface area (Å²) >= 11 is 6.04. The monoisotopic (exact) mass is 364 g/mol. The number of amides is 1. The number of ether oxygens (including phenoxy) is 3. The first kappa shape index (κ1) is 18.9. The van der Waals surface area contributed by atoms with E-state index in [4.69, 9.17) is 25.8 Å². The molecule has 0 radical (unpaired) electrons. The van der Waals surface area contributed by atoms with Crippen molar-refractivity contribution >= 4 is 23.2 Å².